The topological polar surface area (TPSA) is 86.8 Å². The summed E-state index contributed by atoms with van der Waals surface area (Å²) in [5.74, 6) is -0.905. The van der Waals surface area contributed by atoms with Gasteiger partial charge < -0.3 is 10.2 Å². The molecule has 0 saturated carbocycles. The van der Waals surface area contributed by atoms with Crippen molar-refractivity contribution in [3.8, 4) is 0 Å². The van der Waals surface area contributed by atoms with E-state index >= 15 is 0 Å². The van der Waals surface area contributed by atoms with Gasteiger partial charge in [-0.1, -0.05) is 83.9 Å². The van der Waals surface area contributed by atoms with Gasteiger partial charge in [-0.2, -0.15) is 0 Å². The van der Waals surface area contributed by atoms with Gasteiger partial charge in [-0.05, 0) is 66.6 Å². The van der Waals surface area contributed by atoms with Crippen LogP contribution in [-0.2, 0) is 32.6 Å². The molecule has 218 valence electrons. The summed E-state index contributed by atoms with van der Waals surface area (Å²) < 4.78 is 28.8. The van der Waals surface area contributed by atoms with Gasteiger partial charge in [0.05, 0.1) is 10.6 Å². The Bertz CT molecular complexity index is 1600. The molecule has 0 radical (unpaired) electrons. The summed E-state index contributed by atoms with van der Waals surface area (Å²) in [5, 5.41) is 3.74. The van der Waals surface area contributed by atoms with Crippen LogP contribution in [-0.4, -0.2) is 44.3 Å². The van der Waals surface area contributed by atoms with E-state index in [1.54, 1.807) is 73.7 Å². The van der Waals surface area contributed by atoms with Crippen molar-refractivity contribution in [3.63, 3.8) is 0 Å². The third-order valence-corrected chi connectivity index (χ3v) is 8.86. The van der Waals surface area contributed by atoms with Crippen molar-refractivity contribution >= 4 is 50.7 Å². The molecule has 0 aliphatic heterocycles. The second-order valence-corrected chi connectivity index (χ2v) is 12.3. The van der Waals surface area contributed by atoms with Crippen LogP contribution in [0.3, 0.4) is 0 Å². The second-order valence-electron chi connectivity index (χ2n) is 9.55. The number of carbonyl (C=O) groups is 2. The average Bonchev–Trinajstić information content (AvgIpc) is 2.99. The van der Waals surface area contributed by atoms with Gasteiger partial charge >= 0.3 is 0 Å². The molecule has 0 heterocycles. The predicted octanol–water partition coefficient (Wildman–Crippen LogP) is 5.96. The highest BCUT2D eigenvalue weighted by Crippen LogP contribution is 2.26. The molecule has 7 nitrogen and oxygen atoms in total. The molecule has 4 rings (SSSR count). The lowest BCUT2D eigenvalue weighted by molar-refractivity contribution is -0.140. The van der Waals surface area contributed by atoms with E-state index in [-0.39, 0.29) is 29.5 Å². The van der Waals surface area contributed by atoms with Gasteiger partial charge in [0, 0.05) is 29.6 Å². The van der Waals surface area contributed by atoms with E-state index in [4.69, 9.17) is 23.2 Å². The Morgan fingerprint density at radius 2 is 1.40 bits per heavy atom. The fourth-order valence-electron chi connectivity index (χ4n) is 4.53. The predicted molar refractivity (Wildman–Crippen MR) is 167 cm³/mol. The monoisotopic (exact) mass is 623 g/mol. The van der Waals surface area contributed by atoms with Crippen LogP contribution < -0.4 is 9.62 Å². The van der Waals surface area contributed by atoms with Gasteiger partial charge in [-0.15, -0.1) is 0 Å². The molecule has 1 N–H and O–H groups in total. The van der Waals surface area contributed by atoms with Crippen LogP contribution in [0.4, 0.5) is 5.69 Å². The molecule has 0 bridgehead atoms. The molecule has 10 heteroatoms. The smallest absolute Gasteiger partial charge is 0.264 e. The first-order valence-corrected chi connectivity index (χ1v) is 15.6. The maximum Gasteiger partial charge on any atom is 0.264 e. The molecule has 2 amide bonds. The van der Waals surface area contributed by atoms with Crippen LogP contribution in [0, 0.1) is 0 Å². The number of likely N-dealkylation sites (N-methyl/N-ethyl adjacent to an activating group) is 1. The molecule has 0 spiro atoms. The number of hydrogen-bond acceptors (Lipinski definition) is 4. The number of nitrogens with one attached hydrogen (secondary N) is 1. The maximum atomic E-state index is 14.3. The standard InChI is InChI=1S/C32H31Cl2N3O4S/c1-2-35-32(39)30(21-24-10-5-3-6-11-24)36(22-25-12-9-13-27(34)20-25)31(38)23-37(28-18-16-26(33)17-19-28)42(40,41)29-14-7-4-8-15-29/h3-20,30H,2,21-23H2,1H3,(H,35,39). The lowest BCUT2D eigenvalue weighted by Gasteiger charge is -2.33. The first-order chi connectivity index (χ1) is 20.2. The van der Waals surface area contributed by atoms with Crippen LogP contribution in [0.25, 0.3) is 0 Å². The van der Waals surface area contributed by atoms with Crippen molar-refractivity contribution in [2.24, 2.45) is 0 Å². The lowest BCUT2D eigenvalue weighted by Crippen LogP contribution is -2.53. The average molecular weight is 625 g/mol. The highest BCUT2D eigenvalue weighted by Gasteiger charge is 2.34. The molecule has 42 heavy (non-hydrogen) atoms. The molecule has 0 aliphatic rings. The Kier molecular flexibility index (Phi) is 10.6. The number of rotatable bonds is 12. The molecule has 1 unspecified atom stereocenters. The number of nitrogens with zero attached hydrogens (tertiary/aromatic N) is 2. The first-order valence-electron chi connectivity index (χ1n) is 13.4. The zero-order valence-electron chi connectivity index (χ0n) is 23.0. The van der Waals surface area contributed by atoms with E-state index in [2.05, 4.69) is 5.32 Å². The van der Waals surface area contributed by atoms with Crippen molar-refractivity contribution in [1.29, 1.82) is 0 Å². The quantitative estimate of drug-likeness (QED) is 0.211. The van der Waals surface area contributed by atoms with Gasteiger partial charge in [0.2, 0.25) is 11.8 Å². The van der Waals surface area contributed by atoms with Crippen LogP contribution in [0.15, 0.2) is 114 Å². The van der Waals surface area contributed by atoms with E-state index in [0.29, 0.717) is 22.2 Å². The summed E-state index contributed by atoms with van der Waals surface area (Å²) in [6.07, 6.45) is 0.228. The van der Waals surface area contributed by atoms with Gasteiger partial charge in [0.25, 0.3) is 10.0 Å². The van der Waals surface area contributed by atoms with Crippen molar-refractivity contribution in [3.05, 3.63) is 130 Å². The van der Waals surface area contributed by atoms with E-state index in [9.17, 15) is 18.0 Å². The van der Waals surface area contributed by atoms with Crippen molar-refractivity contribution < 1.29 is 18.0 Å². The highest BCUT2D eigenvalue weighted by atomic mass is 35.5. The second kappa shape index (κ2) is 14.4. The van der Waals surface area contributed by atoms with E-state index in [1.807, 2.05) is 30.3 Å². The Labute approximate surface area is 256 Å². The zero-order valence-corrected chi connectivity index (χ0v) is 25.3. The molecular formula is C32H31Cl2N3O4S. The number of hydrogen-bond donors (Lipinski definition) is 1. The number of benzene rings is 4. The van der Waals surface area contributed by atoms with Crippen LogP contribution in [0.2, 0.25) is 10.0 Å². The normalized spacial score (nSPS) is 11.9. The molecule has 0 saturated heterocycles. The minimum Gasteiger partial charge on any atom is -0.355 e. The lowest BCUT2D eigenvalue weighted by atomic mass is 10.0. The molecule has 0 aliphatic carbocycles. The highest BCUT2D eigenvalue weighted by molar-refractivity contribution is 7.92. The minimum absolute atomic E-state index is 0.0266. The minimum atomic E-state index is -4.17. The van der Waals surface area contributed by atoms with Crippen LogP contribution in [0.5, 0.6) is 0 Å². The number of carbonyl (C=O) groups excluding carboxylic acids is 2. The van der Waals surface area contributed by atoms with E-state index in [1.165, 1.54) is 17.0 Å². The number of amides is 2. The number of anilines is 1. The van der Waals surface area contributed by atoms with E-state index < -0.39 is 28.5 Å². The maximum absolute atomic E-state index is 14.3. The summed E-state index contributed by atoms with van der Waals surface area (Å²) in [6, 6.07) is 29.5. The van der Waals surface area contributed by atoms with Gasteiger partial charge in [0.15, 0.2) is 0 Å². The molecule has 0 fully saturated rings. The van der Waals surface area contributed by atoms with Crippen LogP contribution in [0.1, 0.15) is 18.1 Å². The Balaban J connectivity index is 1.78. The summed E-state index contributed by atoms with van der Waals surface area (Å²) in [7, 11) is -4.17. The Morgan fingerprint density at radius 3 is 2.02 bits per heavy atom. The van der Waals surface area contributed by atoms with E-state index in [0.717, 1.165) is 9.87 Å². The van der Waals surface area contributed by atoms with Crippen LogP contribution >= 0.6 is 23.2 Å². The SMILES string of the molecule is CCNC(=O)C(Cc1ccccc1)N(Cc1cccc(Cl)c1)C(=O)CN(c1ccc(Cl)cc1)S(=O)(=O)c1ccccc1. The summed E-state index contributed by atoms with van der Waals surface area (Å²) in [5.41, 5.74) is 1.81. The molecule has 4 aromatic rings. The Morgan fingerprint density at radius 1 is 0.786 bits per heavy atom. The van der Waals surface area contributed by atoms with Crippen molar-refractivity contribution in [1.82, 2.24) is 10.2 Å². The fourth-order valence-corrected chi connectivity index (χ4v) is 6.31. The zero-order chi connectivity index (χ0) is 30.1. The van der Waals surface area contributed by atoms with Gasteiger partial charge in [0.1, 0.15) is 12.6 Å². The third kappa shape index (κ3) is 7.91. The van der Waals surface area contributed by atoms with Crippen molar-refractivity contribution in [2.45, 2.75) is 30.8 Å². The summed E-state index contributed by atoms with van der Waals surface area (Å²) in [6.45, 7) is 1.65. The van der Waals surface area contributed by atoms with Gasteiger partial charge in [-0.25, -0.2) is 8.42 Å². The number of sulfonamides is 1. The van der Waals surface area contributed by atoms with Gasteiger partial charge in [-0.3, -0.25) is 13.9 Å². The summed E-state index contributed by atoms with van der Waals surface area (Å²) >= 11 is 12.3. The number of halogens is 2. The fraction of sp³-hybridized carbons (Fsp3) is 0.188. The molecular weight excluding hydrogens is 593 g/mol. The molecule has 4 aromatic carbocycles. The van der Waals surface area contributed by atoms with Crippen molar-refractivity contribution in [2.75, 3.05) is 17.4 Å². The Hall–Kier alpha value is -3.85. The largest absolute Gasteiger partial charge is 0.355 e. The third-order valence-electron chi connectivity index (χ3n) is 6.59. The first kappa shape index (κ1) is 31.1. The molecule has 0 aromatic heterocycles. The molecule has 1 atom stereocenters. The summed E-state index contributed by atoms with van der Waals surface area (Å²) in [4.78, 5) is 29.2.